The molecule has 17 heavy (non-hydrogen) atoms. The second kappa shape index (κ2) is 8.56. The van der Waals surface area contributed by atoms with Gasteiger partial charge in [-0.25, -0.2) is 0 Å². The number of hydrogen-bond acceptors (Lipinski definition) is 6. The summed E-state index contributed by atoms with van der Waals surface area (Å²) in [5.41, 5.74) is -2.19. The van der Waals surface area contributed by atoms with Crippen molar-refractivity contribution in [1.82, 2.24) is 0 Å². The fraction of sp³-hybridized carbons (Fsp3) is 0.800. The van der Waals surface area contributed by atoms with E-state index in [1.165, 1.54) is 27.7 Å². The quantitative estimate of drug-likeness (QED) is 0.554. The molecule has 0 saturated heterocycles. The molecule has 0 rings (SSSR count). The van der Waals surface area contributed by atoms with Crippen LogP contribution < -0.4 is 10.2 Å². The van der Waals surface area contributed by atoms with Crippen LogP contribution in [-0.4, -0.2) is 35.4 Å². The molecule has 0 heterocycles. The molecular formula is C10H18O6Zn. The summed E-state index contributed by atoms with van der Waals surface area (Å²) in [6.07, 6.45) is 0. The third-order valence-electron chi connectivity index (χ3n) is 1.90. The van der Waals surface area contributed by atoms with Crippen molar-refractivity contribution in [1.29, 1.82) is 0 Å². The molecule has 0 radical (unpaired) electrons. The van der Waals surface area contributed by atoms with E-state index in [0.717, 1.165) is 0 Å². The van der Waals surface area contributed by atoms with E-state index in [1.807, 2.05) is 0 Å². The van der Waals surface area contributed by atoms with Gasteiger partial charge in [0.15, 0.2) is 0 Å². The molecule has 0 aromatic rings. The summed E-state index contributed by atoms with van der Waals surface area (Å²) in [7, 11) is 0. The molecule has 0 saturated carbocycles. The Morgan fingerprint density at radius 3 is 1.06 bits per heavy atom. The average molecular weight is 300 g/mol. The minimum absolute atomic E-state index is 0. The minimum Gasteiger partial charge on any atom is -0.549 e. The normalized spacial score (nSPS) is 10.7. The van der Waals surface area contributed by atoms with Crippen molar-refractivity contribution in [3.05, 3.63) is 0 Å². The monoisotopic (exact) mass is 298 g/mol. The number of rotatable bonds is 4. The number of hydrogen-bond donors (Lipinski definition) is 2. The van der Waals surface area contributed by atoms with Crippen molar-refractivity contribution < 1.29 is 49.5 Å². The zero-order valence-electron chi connectivity index (χ0n) is 10.6. The number of aliphatic carboxylic acids is 2. The second-order valence-electron chi connectivity index (χ2n) is 4.66. The topological polar surface area (TPSA) is 121 Å². The van der Waals surface area contributed by atoms with Crippen molar-refractivity contribution in [3.63, 3.8) is 0 Å². The van der Waals surface area contributed by atoms with Gasteiger partial charge in [-0.1, -0.05) is 27.7 Å². The predicted octanol–water partition coefficient (Wildman–Crippen LogP) is -2.49. The molecule has 0 amide bonds. The molecule has 2 N–H and O–H groups in total. The summed E-state index contributed by atoms with van der Waals surface area (Å²) >= 11 is 0. The van der Waals surface area contributed by atoms with E-state index in [0.29, 0.717) is 0 Å². The van der Waals surface area contributed by atoms with Gasteiger partial charge >= 0.3 is 19.5 Å². The van der Waals surface area contributed by atoms with Gasteiger partial charge in [0.05, 0.1) is 13.2 Å². The summed E-state index contributed by atoms with van der Waals surface area (Å²) in [6, 6.07) is 0. The number of aliphatic hydroxyl groups is 2. The molecule has 0 aliphatic heterocycles. The Balaban J connectivity index is -0.000000218. The second-order valence-corrected chi connectivity index (χ2v) is 4.66. The first kappa shape index (κ1) is 21.7. The summed E-state index contributed by atoms with van der Waals surface area (Å²) < 4.78 is 0. The zero-order valence-corrected chi connectivity index (χ0v) is 13.6. The maximum absolute atomic E-state index is 9.98. The minimum atomic E-state index is -1.22. The van der Waals surface area contributed by atoms with Crippen LogP contribution in [0.3, 0.4) is 0 Å². The van der Waals surface area contributed by atoms with Crippen molar-refractivity contribution in [2.75, 3.05) is 13.2 Å². The van der Waals surface area contributed by atoms with Crippen LogP contribution in [-0.2, 0) is 29.1 Å². The number of carboxylic acid groups (broad SMARTS) is 2. The maximum Gasteiger partial charge on any atom is 2.00 e. The summed E-state index contributed by atoms with van der Waals surface area (Å²) in [5.74, 6) is -2.44. The van der Waals surface area contributed by atoms with E-state index in [-0.39, 0.29) is 32.7 Å². The van der Waals surface area contributed by atoms with Gasteiger partial charge in [-0.3, -0.25) is 0 Å². The fourth-order valence-electron chi connectivity index (χ4n) is 0.129. The van der Waals surface area contributed by atoms with Crippen molar-refractivity contribution >= 4 is 11.9 Å². The third kappa shape index (κ3) is 9.21. The van der Waals surface area contributed by atoms with Crippen LogP contribution in [0.15, 0.2) is 0 Å². The van der Waals surface area contributed by atoms with Crippen molar-refractivity contribution in [2.24, 2.45) is 10.8 Å². The standard InChI is InChI=1S/2C5H10O3.Zn/c2*1-5(2,3-6)4(7)8;/h2*6H,3H2,1-2H3,(H,7,8);/q;;+2/p-2. The first-order valence-electron chi connectivity index (χ1n) is 4.66. The van der Waals surface area contributed by atoms with E-state index < -0.39 is 22.8 Å². The SMILES string of the molecule is CC(C)(CO)C(=O)[O-].CC(C)(CO)C(=O)[O-].[Zn+2]. The van der Waals surface area contributed by atoms with Gasteiger partial charge in [-0.05, 0) is 0 Å². The molecule has 0 atom stereocenters. The Labute approximate surface area is 113 Å². The number of carbonyl (C=O) groups excluding carboxylic acids is 2. The van der Waals surface area contributed by atoms with E-state index in [2.05, 4.69) is 0 Å². The maximum atomic E-state index is 9.98. The van der Waals surface area contributed by atoms with Crippen LogP contribution in [0.25, 0.3) is 0 Å². The Morgan fingerprint density at radius 1 is 0.882 bits per heavy atom. The fourth-order valence-corrected chi connectivity index (χ4v) is 0.129. The van der Waals surface area contributed by atoms with E-state index in [1.54, 1.807) is 0 Å². The molecule has 0 bridgehead atoms. The van der Waals surface area contributed by atoms with E-state index in [9.17, 15) is 19.8 Å². The van der Waals surface area contributed by atoms with Gasteiger partial charge in [-0.2, -0.15) is 0 Å². The number of carbonyl (C=O) groups is 2. The van der Waals surface area contributed by atoms with Crippen LogP contribution in [0.1, 0.15) is 27.7 Å². The Hall–Kier alpha value is -0.517. The first-order valence-corrected chi connectivity index (χ1v) is 4.66. The van der Waals surface area contributed by atoms with E-state index >= 15 is 0 Å². The van der Waals surface area contributed by atoms with Crippen LogP contribution >= 0.6 is 0 Å². The zero-order chi connectivity index (χ0) is 13.6. The molecule has 6 nitrogen and oxygen atoms in total. The Morgan fingerprint density at radius 2 is 1.06 bits per heavy atom. The molecule has 0 aromatic heterocycles. The van der Waals surface area contributed by atoms with Gasteiger partial charge in [0.2, 0.25) is 0 Å². The molecule has 0 unspecified atom stereocenters. The van der Waals surface area contributed by atoms with Gasteiger partial charge < -0.3 is 30.0 Å². The summed E-state index contributed by atoms with van der Waals surface area (Å²) in [4.78, 5) is 20.0. The number of aliphatic hydroxyl groups excluding tert-OH is 2. The van der Waals surface area contributed by atoms with Gasteiger partial charge in [-0.15, -0.1) is 0 Å². The Kier molecular flexibility index (Phi) is 10.9. The molecule has 0 aromatic carbocycles. The largest absolute Gasteiger partial charge is 2.00 e. The van der Waals surface area contributed by atoms with Crippen LogP contribution in [0.5, 0.6) is 0 Å². The molecule has 0 aliphatic carbocycles. The molecule has 96 valence electrons. The van der Waals surface area contributed by atoms with Crippen LogP contribution in [0, 0.1) is 10.8 Å². The molecule has 0 spiro atoms. The molecule has 7 heteroatoms. The van der Waals surface area contributed by atoms with Crippen LogP contribution in [0.2, 0.25) is 0 Å². The van der Waals surface area contributed by atoms with Gasteiger partial charge in [0.25, 0.3) is 0 Å². The number of carboxylic acids is 2. The molecule has 0 fully saturated rings. The van der Waals surface area contributed by atoms with Crippen molar-refractivity contribution in [2.45, 2.75) is 27.7 Å². The average Bonchev–Trinajstić information content (AvgIpc) is 2.18. The first-order chi connectivity index (χ1) is 7.01. The molecule has 0 aliphatic rings. The van der Waals surface area contributed by atoms with E-state index in [4.69, 9.17) is 10.2 Å². The molecular weight excluding hydrogens is 281 g/mol. The van der Waals surface area contributed by atoms with Crippen LogP contribution in [0.4, 0.5) is 0 Å². The van der Waals surface area contributed by atoms with Crippen molar-refractivity contribution in [3.8, 4) is 0 Å². The smallest absolute Gasteiger partial charge is 0.549 e. The van der Waals surface area contributed by atoms with Gasteiger partial charge in [0.1, 0.15) is 0 Å². The summed E-state index contributed by atoms with van der Waals surface area (Å²) in [5, 5.41) is 36.6. The predicted molar refractivity (Wildman–Crippen MR) is 51.7 cm³/mol. The van der Waals surface area contributed by atoms with Gasteiger partial charge in [0, 0.05) is 22.8 Å². The third-order valence-corrected chi connectivity index (χ3v) is 1.90. The Bertz CT molecular complexity index is 223. The summed E-state index contributed by atoms with van der Waals surface area (Å²) in [6.45, 7) is 4.86.